The molecule has 1 aliphatic heterocycles. The minimum Gasteiger partial charge on any atom is -0.463 e. The average molecular weight is 353 g/mol. The third-order valence-electron chi connectivity index (χ3n) is 4.00. The predicted octanol–water partition coefficient (Wildman–Crippen LogP) is 2.66. The van der Waals surface area contributed by atoms with E-state index >= 15 is 0 Å². The second kappa shape index (κ2) is 7.86. The van der Waals surface area contributed by atoms with Crippen molar-refractivity contribution in [2.24, 2.45) is 0 Å². The van der Waals surface area contributed by atoms with Gasteiger partial charge in [0, 0.05) is 0 Å². The number of H-pyrrole nitrogens is 1. The molecular formula is C19H23N5O2. The van der Waals surface area contributed by atoms with Gasteiger partial charge in [-0.25, -0.2) is 4.79 Å². The van der Waals surface area contributed by atoms with E-state index in [-0.39, 0.29) is 17.5 Å². The number of hydrogen-bond donors (Lipinski definition) is 2. The van der Waals surface area contributed by atoms with Crippen LogP contribution >= 0.6 is 0 Å². The molecule has 3 aromatic rings. The molecule has 1 aromatic carbocycles. The zero-order chi connectivity index (χ0) is 18.5. The fraction of sp³-hybridized carbons (Fsp3) is 0.316. The Morgan fingerprint density at radius 1 is 1.19 bits per heavy atom. The molecule has 2 aromatic heterocycles. The molecule has 4 rings (SSSR count). The van der Waals surface area contributed by atoms with Gasteiger partial charge in [-0.1, -0.05) is 50.3 Å². The number of ether oxygens (including phenoxy) is 1. The largest absolute Gasteiger partial charge is 0.463 e. The molecule has 0 aliphatic carbocycles. The fourth-order valence-corrected chi connectivity index (χ4v) is 2.84. The van der Waals surface area contributed by atoms with Gasteiger partial charge in [0.05, 0.1) is 13.2 Å². The lowest BCUT2D eigenvalue weighted by Gasteiger charge is -2.08. The summed E-state index contributed by atoms with van der Waals surface area (Å²) in [6.07, 6.45) is 5.79. The summed E-state index contributed by atoms with van der Waals surface area (Å²) in [4.78, 5) is 23.5. The summed E-state index contributed by atoms with van der Waals surface area (Å²) in [7, 11) is 0. The van der Waals surface area contributed by atoms with Crippen LogP contribution < -0.4 is 16.2 Å². The summed E-state index contributed by atoms with van der Waals surface area (Å²) in [6, 6.07) is 8.36. The van der Waals surface area contributed by atoms with Crippen molar-refractivity contribution in [2.45, 2.75) is 33.2 Å². The van der Waals surface area contributed by atoms with E-state index in [0.29, 0.717) is 24.3 Å². The summed E-state index contributed by atoms with van der Waals surface area (Å²) >= 11 is 0. The van der Waals surface area contributed by atoms with E-state index in [4.69, 9.17) is 10.5 Å². The smallest absolute Gasteiger partial charge is 0.328 e. The number of hydrogen-bond acceptors (Lipinski definition) is 5. The minimum absolute atomic E-state index is 0.187. The van der Waals surface area contributed by atoms with Gasteiger partial charge in [-0.2, -0.15) is 9.97 Å². The Balaban J connectivity index is 0.000000948. The van der Waals surface area contributed by atoms with Crippen molar-refractivity contribution in [2.75, 3.05) is 12.3 Å². The third-order valence-corrected chi connectivity index (χ3v) is 4.00. The standard InChI is InChI=1S/C17H17N5O2.C2H6/c18-14-13-15-21-16(20-14)24-8-3-1-2-5-11-6-4-7-12(9-11)10-22(15)17(23)19-13;1-2/h1-2,4,6-7,9H,3,5,8,10H2,(H,19,23)(H2,18,20,21);1-2H3/b2-1-;. The van der Waals surface area contributed by atoms with Crippen molar-refractivity contribution in [3.8, 4) is 6.01 Å². The van der Waals surface area contributed by atoms with Gasteiger partial charge >= 0.3 is 11.7 Å². The number of aromatic amines is 1. The molecule has 0 saturated heterocycles. The highest BCUT2D eigenvalue weighted by molar-refractivity contribution is 5.81. The first-order valence-corrected chi connectivity index (χ1v) is 8.82. The number of allylic oxidation sites excluding steroid dienone is 1. The quantitative estimate of drug-likeness (QED) is 0.605. The number of nitrogen functional groups attached to an aromatic ring is 1. The molecule has 4 bridgehead atoms. The van der Waals surface area contributed by atoms with Crippen LogP contribution in [-0.4, -0.2) is 26.1 Å². The molecule has 1 aliphatic rings. The zero-order valence-electron chi connectivity index (χ0n) is 15.0. The average Bonchev–Trinajstić information content (AvgIpc) is 2.96. The predicted molar refractivity (Wildman–Crippen MR) is 102 cm³/mol. The lowest BCUT2D eigenvalue weighted by molar-refractivity contribution is 0.300. The molecule has 0 saturated carbocycles. The van der Waals surface area contributed by atoms with E-state index in [2.05, 4.69) is 39.2 Å². The number of aromatic nitrogens is 4. The van der Waals surface area contributed by atoms with Gasteiger partial charge in [0.25, 0.3) is 0 Å². The lowest BCUT2D eigenvalue weighted by Crippen LogP contribution is -2.18. The Hall–Kier alpha value is -3.09. The van der Waals surface area contributed by atoms with Crippen molar-refractivity contribution in [1.82, 2.24) is 19.5 Å². The molecule has 0 atom stereocenters. The van der Waals surface area contributed by atoms with Gasteiger partial charge in [-0.15, -0.1) is 0 Å². The van der Waals surface area contributed by atoms with Gasteiger partial charge < -0.3 is 15.5 Å². The van der Waals surface area contributed by atoms with Crippen LogP contribution in [0.2, 0.25) is 0 Å². The lowest BCUT2D eigenvalue weighted by atomic mass is 10.1. The number of nitrogens with two attached hydrogens (primary N) is 1. The van der Waals surface area contributed by atoms with Crippen LogP contribution in [0.1, 0.15) is 31.4 Å². The molecule has 26 heavy (non-hydrogen) atoms. The van der Waals surface area contributed by atoms with Crippen LogP contribution in [0.5, 0.6) is 6.01 Å². The Morgan fingerprint density at radius 2 is 2.00 bits per heavy atom. The van der Waals surface area contributed by atoms with E-state index in [1.807, 2.05) is 26.0 Å². The molecule has 7 heteroatoms. The molecule has 136 valence electrons. The highest BCUT2D eigenvalue weighted by Gasteiger charge is 2.15. The topological polar surface area (TPSA) is 98.8 Å². The Bertz CT molecular complexity index is 987. The highest BCUT2D eigenvalue weighted by Crippen LogP contribution is 2.19. The van der Waals surface area contributed by atoms with Gasteiger partial charge in [0.1, 0.15) is 5.52 Å². The van der Waals surface area contributed by atoms with Crippen molar-refractivity contribution in [1.29, 1.82) is 0 Å². The Morgan fingerprint density at radius 3 is 2.85 bits per heavy atom. The summed E-state index contributed by atoms with van der Waals surface area (Å²) in [5.74, 6) is 0.210. The van der Waals surface area contributed by atoms with E-state index in [9.17, 15) is 4.79 Å². The molecule has 0 radical (unpaired) electrons. The normalized spacial score (nSPS) is 14.8. The number of anilines is 1. The van der Waals surface area contributed by atoms with Crippen LogP contribution in [0, 0.1) is 0 Å². The number of nitrogens with zero attached hydrogens (tertiary/aromatic N) is 3. The molecule has 7 nitrogen and oxygen atoms in total. The SMILES string of the molecule is CC.Nc1nc2nc3c1[nH]c(=O)n3Cc1cccc(c1)C/C=C\CCO2. The first kappa shape index (κ1) is 17.7. The Labute approximate surface area is 151 Å². The van der Waals surface area contributed by atoms with Crippen LogP contribution in [0.3, 0.4) is 0 Å². The number of fused-ring (bicyclic) bond motifs is 3. The van der Waals surface area contributed by atoms with Crippen molar-refractivity contribution >= 4 is 17.0 Å². The maximum Gasteiger partial charge on any atom is 0.328 e. The van der Waals surface area contributed by atoms with Crippen LogP contribution in [-0.2, 0) is 13.0 Å². The second-order valence-corrected chi connectivity index (χ2v) is 5.74. The molecule has 3 heterocycles. The molecule has 0 spiro atoms. The van der Waals surface area contributed by atoms with Gasteiger partial charge in [-0.05, 0) is 24.0 Å². The molecular weight excluding hydrogens is 330 g/mol. The van der Waals surface area contributed by atoms with E-state index < -0.39 is 0 Å². The zero-order valence-corrected chi connectivity index (χ0v) is 15.0. The van der Waals surface area contributed by atoms with Crippen LogP contribution in [0.15, 0.2) is 41.2 Å². The highest BCUT2D eigenvalue weighted by atomic mass is 16.5. The van der Waals surface area contributed by atoms with Gasteiger partial charge in [0.15, 0.2) is 11.5 Å². The summed E-state index contributed by atoms with van der Waals surface area (Å²) in [6.45, 7) is 4.86. The van der Waals surface area contributed by atoms with Gasteiger partial charge in [-0.3, -0.25) is 4.57 Å². The minimum atomic E-state index is -0.263. The number of rotatable bonds is 0. The van der Waals surface area contributed by atoms with Crippen LogP contribution in [0.4, 0.5) is 5.82 Å². The first-order chi connectivity index (χ1) is 12.7. The molecule has 3 N–H and O–H groups in total. The van der Waals surface area contributed by atoms with Gasteiger partial charge in [0.2, 0.25) is 0 Å². The third kappa shape index (κ3) is 3.61. The second-order valence-electron chi connectivity index (χ2n) is 5.74. The van der Waals surface area contributed by atoms with Crippen molar-refractivity contribution < 1.29 is 4.74 Å². The maximum absolute atomic E-state index is 12.3. The molecule has 0 amide bonds. The van der Waals surface area contributed by atoms with Crippen LogP contribution in [0.25, 0.3) is 11.2 Å². The molecule has 0 unspecified atom stereocenters. The van der Waals surface area contributed by atoms with E-state index in [1.54, 1.807) is 4.57 Å². The first-order valence-electron chi connectivity index (χ1n) is 8.82. The number of nitrogens with one attached hydrogen (secondary N) is 1. The van der Waals surface area contributed by atoms with Crippen molar-refractivity contribution in [3.63, 3.8) is 0 Å². The molecule has 0 fully saturated rings. The summed E-state index contributed by atoms with van der Waals surface area (Å²) < 4.78 is 7.13. The number of imidazole rings is 1. The summed E-state index contributed by atoms with van der Waals surface area (Å²) in [5, 5.41) is 0. The number of benzene rings is 1. The maximum atomic E-state index is 12.3. The Kier molecular flexibility index (Phi) is 5.36. The van der Waals surface area contributed by atoms with E-state index in [0.717, 1.165) is 18.4 Å². The monoisotopic (exact) mass is 353 g/mol. The van der Waals surface area contributed by atoms with Crippen molar-refractivity contribution in [3.05, 3.63) is 58.0 Å². The van der Waals surface area contributed by atoms with E-state index in [1.165, 1.54) is 5.56 Å². The summed E-state index contributed by atoms with van der Waals surface area (Å²) in [5.41, 5.74) is 8.81. The fourth-order valence-electron chi connectivity index (χ4n) is 2.84.